The standard InChI is InChI=1S/C23H37F2N5O.HI/c1-18-7-8-20(31-21(24)25)19(15-18)16-27-22(26-2)28-17-23(9-13-29(3)14-10-23)30-11-5-4-6-12-30;/h7-8,15,21H,4-6,9-14,16-17H2,1-3H3,(H2,26,27,28);1H. The highest BCUT2D eigenvalue weighted by atomic mass is 127. The van der Waals surface area contributed by atoms with Crippen molar-refractivity contribution in [3.63, 3.8) is 0 Å². The zero-order valence-electron chi connectivity index (χ0n) is 19.5. The van der Waals surface area contributed by atoms with Crippen LogP contribution in [-0.4, -0.2) is 74.7 Å². The van der Waals surface area contributed by atoms with Crippen molar-refractivity contribution in [3.05, 3.63) is 29.3 Å². The summed E-state index contributed by atoms with van der Waals surface area (Å²) < 4.78 is 30.2. The summed E-state index contributed by atoms with van der Waals surface area (Å²) >= 11 is 0. The van der Waals surface area contributed by atoms with E-state index in [0.717, 1.165) is 51.1 Å². The van der Waals surface area contributed by atoms with Crippen molar-refractivity contribution in [2.75, 3.05) is 46.8 Å². The zero-order valence-corrected chi connectivity index (χ0v) is 21.8. The summed E-state index contributed by atoms with van der Waals surface area (Å²) in [6, 6.07) is 5.24. The number of guanidine groups is 1. The number of ether oxygens (including phenoxy) is 1. The predicted octanol–water partition coefficient (Wildman–Crippen LogP) is 3.83. The number of nitrogens with one attached hydrogen (secondary N) is 2. The number of rotatable bonds is 7. The molecule has 32 heavy (non-hydrogen) atoms. The normalized spacial score (nSPS) is 20.0. The van der Waals surface area contributed by atoms with Gasteiger partial charge in [-0.15, -0.1) is 24.0 Å². The first kappa shape index (κ1) is 27.0. The number of hydrogen-bond acceptors (Lipinski definition) is 4. The van der Waals surface area contributed by atoms with Crippen LogP contribution in [0.3, 0.4) is 0 Å². The Labute approximate surface area is 208 Å². The molecule has 0 aliphatic carbocycles. The molecule has 3 rings (SSSR count). The molecule has 0 radical (unpaired) electrons. The summed E-state index contributed by atoms with van der Waals surface area (Å²) in [7, 11) is 3.93. The van der Waals surface area contributed by atoms with Crippen molar-refractivity contribution < 1.29 is 13.5 Å². The minimum Gasteiger partial charge on any atom is -0.434 e. The van der Waals surface area contributed by atoms with E-state index in [2.05, 4.69) is 37.2 Å². The van der Waals surface area contributed by atoms with Crippen molar-refractivity contribution in [1.29, 1.82) is 0 Å². The molecule has 2 N–H and O–H groups in total. The van der Waals surface area contributed by atoms with Gasteiger partial charge < -0.3 is 20.3 Å². The van der Waals surface area contributed by atoms with E-state index in [1.807, 2.05) is 13.0 Å². The highest BCUT2D eigenvalue weighted by Crippen LogP contribution is 2.31. The minimum absolute atomic E-state index is 0. The second-order valence-electron chi connectivity index (χ2n) is 8.84. The fraction of sp³-hybridized carbons (Fsp3) is 0.696. The van der Waals surface area contributed by atoms with E-state index in [1.54, 1.807) is 19.2 Å². The Kier molecular flexibility index (Phi) is 10.9. The molecule has 0 atom stereocenters. The Hall–Kier alpha value is -1.20. The molecule has 1 aromatic rings. The molecule has 1 aromatic carbocycles. The van der Waals surface area contributed by atoms with E-state index >= 15 is 0 Å². The van der Waals surface area contributed by atoms with Crippen LogP contribution in [-0.2, 0) is 6.54 Å². The van der Waals surface area contributed by atoms with Gasteiger partial charge in [-0.05, 0) is 71.9 Å². The largest absolute Gasteiger partial charge is 0.434 e. The van der Waals surface area contributed by atoms with Crippen LogP contribution < -0.4 is 15.4 Å². The van der Waals surface area contributed by atoms with Crippen LogP contribution in [0.15, 0.2) is 23.2 Å². The third-order valence-electron chi connectivity index (χ3n) is 6.63. The fourth-order valence-electron chi connectivity index (χ4n) is 4.71. The van der Waals surface area contributed by atoms with Crippen LogP contribution in [0.5, 0.6) is 5.75 Å². The predicted molar refractivity (Wildman–Crippen MR) is 136 cm³/mol. The van der Waals surface area contributed by atoms with Crippen LogP contribution in [0, 0.1) is 6.92 Å². The number of hydrogen-bond donors (Lipinski definition) is 2. The van der Waals surface area contributed by atoms with Crippen LogP contribution in [0.25, 0.3) is 0 Å². The van der Waals surface area contributed by atoms with Crippen LogP contribution in [0.2, 0.25) is 0 Å². The number of likely N-dealkylation sites (tertiary alicyclic amines) is 2. The van der Waals surface area contributed by atoms with Crippen molar-refractivity contribution in [3.8, 4) is 5.75 Å². The first-order valence-corrected chi connectivity index (χ1v) is 11.3. The second kappa shape index (κ2) is 12.9. The Morgan fingerprint density at radius 3 is 2.44 bits per heavy atom. The average Bonchev–Trinajstić information content (AvgIpc) is 2.77. The molecule has 0 spiro atoms. The van der Waals surface area contributed by atoms with E-state index in [9.17, 15) is 8.78 Å². The van der Waals surface area contributed by atoms with Crippen molar-refractivity contribution in [2.45, 2.75) is 57.7 Å². The molecule has 2 saturated heterocycles. The summed E-state index contributed by atoms with van der Waals surface area (Å²) in [6.45, 7) is 4.81. The van der Waals surface area contributed by atoms with E-state index in [-0.39, 0.29) is 35.3 Å². The number of benzene rings is 1. The molecular formula is C23H38F2IN5O. The van der Waals surface area contributed by atoms with Gasteiger partial charge in [-0.25, -0.2) is 0 Å². The monoisotopic (exact) mass is 565 g/mol. The summed E-state index contributed by atoms with van der Waals surface area (Å²) in [5, 5.41) is 6.81. The second-order valence-corrected chi connectivity index (χ2v) is 8.84. The van der Waals surface area contributed by atoms with Gasteiger partial charge in [0.1, 0.15) is 5.75 Å². The molecular weight excluding hydrogens is 527 g/mol. The van der Waals surface area contributed by atoms with Gasteiger partial charge in [0.2, 0.25) is 0 Å². The summed E-state index contributed by atoms with van der Waals surface area (Å²) in [5.74, 6) is 0.878. The maximum Gasteiger partial charge on any atom is 0.387 e. The number of piperidine rings is 2. The maximum atomic E-state index is 12.8. The third kappa shape index (κ3) is 7.41. The first-order chi connectivity index (χ1) is 14.9. The Bertz CT molecular complexity index is 735. The zero-order chi connectivity index (χ0) is 22.3. The van der Waals surface area contributed by atoms with Crippen molar-refractivity contribution in [2.24, 2.45) is 4.99 Å². The molecule has 0 unspecified atom stereocenters. The molecule has 2 heterocycles. The number of halogens is 3. The van der Waals surface area contributed by atoms with Crippen molar-refractivity contribution in [1.82, 2.24) is 20.4 Å². The Morgan fingerprint density at radius 1 is 1.12 bits per heavy atom. The van der Waals surface area contributed by atoms with Gasteiger partial charge in [-0.1, -0.05) is 24.1 Å². The van der Waals surface area contributed by atoms with Gasteiger partial charge >= 0.3 is 6.61 Å². The van der Waals surface area contributed by atoms with E-state index < -0.39 is 6.61 Å². The van der Waals surface area contributed by atoms with E-state index in [4.69, 9.17) is 0 Å². The van der Waals surface area contributed by atoms with Gasteiger partial charge in [0.15, 0.2) is 5.96 Å². The van der Waals surface area contributed by atoms with Crippen LogP contribution >= 0.6 is 24.0 Å². The van der Waals surface area contributed by atoms with Crippen molar-refractivity contribution >= 4 is 29.9 Å². The van der Waals surface area contributed by atoms with Gasteiger partial charge in [0.05, 0.1) is 0 Å². The Balaban J connectivity index is 0.00000363. The summed E-state index contributed by atoms with van der Waals surface area (Å²) in [5.41, 5.74) is 1.82. The highest BCUT2D eigenvalue weighted by molar-refractivity contribution is 14.0. The smallest absolute Gasteiger partial charge is 0.387 e. The van der Waals surface area contributed by atoms with E-state index in [1.165, 1.54) is 19.3 Å². The molecule has 0 amide bonds. The Morgan fingerprint density at radius 2 is 1.81 bits per heavy atom. The van der Waals surface area contributed by atoms with Gasteiger partial charge in [0, 0.05) is 31.2 Å². The molecule has 6 nitrogen and oxygen atoms in total. The van der Waals surface area contributed by atoms with Gasteiger partial charge in [-0.3, -0.25) is 9.89 Å². The minimum atomic E-state index is -2.84. The van der Waals surface area contributed by atoms with Gasteiger partial charge in [-0.2, -0.15) is 8.78 Å². The quantitative estimate of drug-likeness (QED) is 0.299. The number of aryl methyl sites for hydroxylation is 1. The summed E-state index contributed by atoms with van der Waals surface area (Å²) in [4.78, 5) is 9.45. The van der Waals surface area contributed by atoms with Gasteiger partial charge in [0.25, 0.3) is 0 Å². The topological polar surface area (TPSA) is 52.1 Å². The van der Waals surface area contributed by atoms with Crippen LogP contribution in [0.4, 0.5) is 8.78 Å². The molecule has 2 aliphatic heterocycles. The van der Waals surface area contributed by atoms with Crippen LogP contribution in [0.1, 0.15) is 43.2 Å². The molecule has 0 saturated carbocycles. The SMILES string of the molecule is CN=C(NCc1cc(C)ccc1OC(F)F)NCC1(N2CCCCC2)CCN(C)CC1.I. The highest BCUT2D eigenvalue weighted by Gasteiger charge is 2.39. The first-order valence-electron chi connectivity index (χ1n) is 11.3. The molecule has 0 bridgehead atoms. The number of alkyl halides is 2. The lowest BCUT2D eigenvalue weighted by atomic mass is 9.84. The lowest BCUT2D eigenvalue weighted by Gasteiger charge is -2.50. The molecule has 182 valence electrons. The average molecular weight is 565 g/mol. The molecule has 0 aromatic heterocycles. The molecule has 9 heteroatoms. The molecule has 2 fully saturated rings. The lowest BCUT2D eigenvalue weighted by Crippen LogP contribution is -2.62. The third-order valence-corrected chi connectivity index (χ3v) is 6.63. The van der Waals surface area contributed by atoms with E-state index in [0.29, 0.717) is 18.1 Å². The number of nitrogens with zero attached hydrogens (tertiary/aromatic N) is 3. The lowest BCUT2D eigenvalue weighted by molar-refractivity contribution is -0.0504. The summed E-state index contributed by atoms with van der Waals surface area (Å²) in [6.07, 6.45) is 6.13. The fourth-order valence-corrected chi connectivity index (χ4v) is 4.71. The number of aliphatic imine (C=N–C) groups is 1. The molecule has 2 aliphatic rings. The maximum absolute atomic E-state index is 12.8.